The van der Waals surface area contributed by atoms with Crippen molar-refractivity contribution in [1.29, 1.82) is 5.26 Å². The maximum Gasteiger partial charge on any atom is 0.292 e. The van der Waals surface area contributed by atoms with Crippen molar-refractivity contribution in [2.75, 3.05) is 5.32 Å². The normalized spacial score (nSPS) is 11.4. The maximum absolute atomic E-state index is 13.4. The van der Waals surface area contributed by atoms with Gasteiger partial charge in [0.15, 0.2) is 0 Å². The third-order valence-corrected chi connectivity index (χ3v) is 4.55. The summed E-state index contributed by atoms with van der Waals surface area (Å²) in [7, 11) is 1.54. The predicted octanol–water partition coefficient (Wildman–Crippen LogP) is 1.86. The number of aromatic amines is 1. The van der Waals surface area contributed by atoms with Crippen molar-refractivity contribution in [3.63, 3.8) is 0 Å². The molecule has 0 aliphatic carbocycles. The van der Waals surface area contributed by atoms with Crippen molar-refractivity contribution >= 4 is 23.3 Å². The van der Waals surface area contributed by atoms with Crippen LogP contribution in [0.4, 0.5) is 10.1 Å². The van der Waals surface area contributed by atoms with Crippen LogP contribution in [0.15, 0.2) is 36.7 Å². The minimum Gasteiger partial charge on any atom is -0.346 e. The summed E-state index contributed by atoms with van der Waals surface area (Å²) in [5.74, 6) is -2.95. The lowest BCUT2D eigenvalue weighted by Crippen LogP contribution is -2.34. The van der Waals surface area contributed by atoms with E-state index >= 15 is 0 Å². The lowest BCUT2D eigenvalue weighted by molar-refractivity contribution is -0.117. The fourth-order valence-corrected chi connectivity index (χ4v) is 2.92. The fraction of sp³-hybridized carbons (Fsp3) is 0.200. The lowest BCUT2D eigenvalue weighted by Gasteiger charge is -2.13. The third kappa shape index (κ3) is 4.64. The van der Waals surface area contributed by atoms with Crippen LogP contribution in [0.2, 0.25) is 0 Å². The number of nitrogens with zero attached hydrogens (tertiary/aromatic N) is 4. The molecule has 0 fully saturated rings. The van der Waals surface area contributed by atoms with Gasteiger partial charge in [-0.15, -0.1) is 0 Å². The molecular formula is C20H18FN7O3. The zero-order valence-electron chi connectivity index (χ0n) is 16.6. The van der Waals surface area contributed by atoms with Gasteiger partial charge in [0.1, 0.15) is 23.3 Å². The van der Waals surface area contributed by atoms with Crippen molar-refractivity contribution in [2.24, 2.45) is 7.05 Å². The molecule has 3 aromatic rings. The lowest BCUT2D eigenvalue weighted by atomic mass is 10.1. The molecule has 10 nitrogen and oxygen atoms in total. The minimum absolute atomic E-state index is 0.0250. The molecule has 0 aliphatic rings. The number of hydrogen-bond acceptors (Lipinski definition) is 6. The van der Waals surface area contributed by atoms with Gasteiger partial charge in [-0.1, -0.05) is 6.92 Å². The van der Waals surface area contributed by atoms with E-state index in [0.717, 1.165) is 6.07 Å². The molecule has 3 rings (SSSR count). The van der Waals surface area contributed by atoms with Gasteiger partial charge in [0.25, 0.3) is 17.6 Å². The van der Waals surface area contributed by atoms with Crippen LogP contribution in [0, 0.1) is 17.1 Å². The average Bonchev–Trinajstić information content (AvgIpc) is 3.42. The first kappa shape index (κ1) is 21.4. The number of Topliss-reactive ketones (excluding diaryl/α,β-unsaturated/α-hetero) is 1. The Kier molecular flexibility index (Phi) is 6.21. The average molecular weight is 423 g/mol. The molecule has 0 spiro atoms. The Balaban J connectivity index is 1.73. The second-order valence-corrected chi connectivity index (χ2v) is 6.64. The van der Waals surface area contributed by atoms with E-state index in [0.29, 0.717) is 12.1 Å². The number of nitriles is 1. The second-order valence-electron chi connectivity index (χ2n) is 6.64. The summed E-state index contributed by atoms with van der Waals surface area (Å²) < 4.78 is 14.8. The molecule has 1 atom stereocenters. The largest absolute Gasteiger partial charge is 0.346 e. The monoisotopic (exact) mass is 423 g/mol. The molecule has 2 amide bonds. The smallest absolute Gasteiger partial charge is 0.292 e. The zero-order chi connectivity index (χ0) is 22.5. The molecule has 158 valence electrons. The molecule has 2 heterocycles. The molecule has 3 N–H and O–H groups in total. The summed E-state index contributed by atoms with van der Waals surface area (Å²) in [4.78, 5) is 37.5. The summed E-state index contributed by atoms with van der Waals surface area (Å²) in [6.07, 6.45) is 3.31. The SMILES string of the molecule is CC[C@@H](NC(=O)C(=O)c1cc(C(=O)Nc2ccc(F)c(C#N)c2)n(C)c1)c1cn[nH]n1. The number of hydrogen-bond donors (Lipinski definition) is 3. The van der Waals surface area contributed by atoms with Gasteiger partial charge in [-0.05, 0) is 30.7 Å². The zero-order valence-corrected chi connectivity index (χ0v) is 16.6. The number of rotatable bonds is 7. The number of carbonyl (C=O) groups is 3. The van der Waals surface area contributed by atoms with E-state index in [4.69, 9.17) is 5.26 Å². The van der Waals surface area contributed by atoms with E-state index in [1.807, 2.05) is 6.92 Å². The Bertz CT molecular complexity index is 1180. The number of H-pyrrole nitrogens is 1. The number of anilines is 1. The van der Waals surface area contributed by atoms with Crippen LogP contribution in [0.25, 0.3) is 0 Å². The number of benzene rings is 1. The van der Waals surface area contributed by atoms with Crippen molar-refractivity contribution in [3.8, 4) is 6.07 Å². The minimum atomic E-state index is -0.843. The standard InChI is InChI=1S/C20H18FN7O3/c1-3-15(16-9-23-27-26-16)25-20(31)18(29)12-7-17(28(2)10-12)19(30)24-13-4-5-14(21)11(6-13)8-22/h4-7,9-10,15H,3H2,1-2H3,(H,24,30)(H,25,31)(H,23,26,27)/t15-/m1/s1. The number of aromatic nitrogens is 4. The Hall–Kier alpha value is -4.33. The quantitative estimate of drug-likeness (QED) is 0.391. The van der Waals surface area contributed by atoms with Gasteiger partial charge in [0.2, 0.25) is 0 Å². The molecule has 0 radical (unpaired) electrons. The van der Waals surface area contributed by atoms with Gasteiger partial charge in [-0.3, -0.25) is 14.4 Å². The summed E-state index contributed by atoms with van der Waals surface area (Å²) in [6, 6.07) is 6.06. The molecule has 0 aliphatic heterocycles. The summed E-state index contributed by atoms with van der Waals surface area (Å²) >= 11 is 0. The topological polar surface area (TPSA) is 146 Å². The summed E-state index contributed by atoms with van der Waals surface area (Å²) in [5, 5.41) is 24.1. The van der Waals surface area contributed by atoms with Crippen molar-refractivity contribution in [1.82, 2.24) is 25.3 Å². The number of aryl methyl sites for hydroxylation is 1. The van der Waals surface area contributed by atoms with Gasteiger partial charge in [0, 0.05) is 24.5 Å². The molecule has 31 heavy (non-hydrogen) atoms. The molecule has 11 heteroatoms. The van der Waals surface area contributed by atoms with E-state index in [9.17, 15) is 18.8 Å². The second kappa shape index (κ2) is 9.00. The highest BCUT2D eigenvalue weighted by atomic mass is 19.1. The first-order chi connectivity index (χ1) is 14.8. The number of ketones is 1. The number of halogens is 1. The van der Waals surface area contributed by atoms with Gasteiger partial charge in [0.05, 0.1) is 17.8 Å². The number of amides is 2. The maximum atomic E-state index is 13.4. The van der Waals surface area contributed by atoms with Crippen LogP contribution in [-0.4, -0.2) is 37.6 Å². The molecule has 0 saturated carbocycles. The highest BCUT2D eigenvalue weighted by Gasteiger charge is 2.24. The Labute approximate surface area is 176 Å². The van der Waals surface area contributed by atoms with E-state index < -0.39 is 29.5 Å². The van der Waals surface area contributed by atoms with Gasteiger partial charge in [-0.2, -0.15) is 20.7 Å². The first-order valence-electron chi connectivity index (χ1n) is 9.22. The van der Waals surface area contributed by atoms with E-state index in [1.54, 1.807) is 13.1 Å². The molecule has 1 aromatic carbocycles. The van der Waals surface area contributed by atoms with Crippen LogP contribution in [-0.2, 0) is 11.8 Å². The van der Waals surface area contributed by atoms with Gasteiger partial charge < -0.3 is 15.2 Å². The van der Waals surface area contributed by atoms with Crippen LogP contribution in [0.1, 0.15) is 51.5 Å². The van der Waals surface area contributed by atoms with Crippen LogP contribution in [0.3, 0.4) is 0 Å². The molecule has 0 saturated heterocycles. The number of nitrogens with one attached hydrogen (secondary N) is 3. The molecule has 0 bridgehead atoms. The highest BCUT2D eigenvalue weighted by molar-refractivity contribution is 6.43. The predicted molar refractivity (Wildman–Crippen MR) is 106 cm³/mol. The van der Waals surface area contributed by atoms with Gasteiger partial charge in [-0.25, -0.2) is 4.39 Å². The Morgan fingerprint density at radius 2 is 2.10 bits per heavy atom. The highest BCUT2D eigenvalue weighted by Crippen LogP contribution is 2.17. The summed E-state index contributed by atoms with van der Waals surface area (Å²) in [5.41, 5.74) is 0.621. The molecule has 0 unspecified atom stereocenters. The van der Waals surface area contributed by atoms with Crippen molar-refractivity contribution in [2.45, 2.75) is 19.4 Å². The number of carbonyl (C=O) groups excluding carboxylic acids is 3. The summed E-state index contributed by atoms with van der Waals surface area (Å²) in [6.45, 7) is 1.82. The van der Waals surface area contributed by atoms with Crippen molar-refractivity contribution < 1.29 is 18.8 Å². The van der Waals surface area contributed by atoms with Gasteiger partial charge >= 0.3 is 0 Å². The van der Waals surface area contributed by atoms with E-state index in [1.165, 1.54) is 35.2 Å². The first-order valence-corrected chi connectivity index (χ1v) is 9.22. The Morgan fingerprint density at radius 1 is 1.32 bits per heavy atom. The van der Waals surface area contributed by atoms with E-state index in [2.05, 4.69) is 26.0 Å². The van der Waals surface area contributed by atoms with Crippen molar-refractivity contribution in [3.05, 3.63) is 65.0 Å². The Morgan fingerprint density at radius 3 is 2.74 bits per heavy atom. The third-order valence-electron chi connectivity index (χ3n) is 4.55. The molecular weight excluding hydrogens is 405 g/mol. The molecule has 2 aromatic heterocycles. The fourth-order valence-electron chi connectivity index (χ4n) is 2.92. The van der Waals surface area contributed by atoms with Crippen LogP contribution < -0.4 is 10.6 Å². The van der Waals surface area contributed by atoms with Crippen LogP contribution in [0.5, 0.6) is 0 Å². The van der Waals surface area contributed by atoms with E-state index in [-0.39, 0.29) is 22.5 Å². The van der Waals surface area contributed by atoms with Crippen LogP contribution >= 0.6 is 0 Å².